The lowest BCUT2D eigenvalue weighted by Crippen LogP contribution is -2.41. The summed E-state index contributed by atoms with van der Waals surface area (Å²) in [5.41, 5.74) is 2.20. The standard InChI is InChI=1S/C25H24ClFN6O2/c1-15(2)29-25(35)32(4)20-13-28-24-30-21(16-5-9-18(27)10-6-16)22(33(24)14-20)23(34)31(3)19-11-7-17(26)8-12-19/h5-15H,1-4H3,(H,29,35). The highest BCUT2D eigenvalue weighted by atomic mass is 35.5. The maximum absolute atomic E-state index is 13.8. The number of nitrogens with one attached hydrogen (secondary N) is 1. The van der Waals surface area contributed by atoms with E-state index in [2.05, 4.69) is 15.3 Å². The third-order valence-corrected chi connectivity index (χ3v) is 5.66. The zero-order valence-corrected chi connectivity index (χ0v) is 20.4. The molecule has 0 unspecified atom stereocenters. The third-order valence-electron chi connectivity index (χ3n) is 5.41. The summed E-state index contributed by atoms with van der Waals surface area (Å²) in [5.74, 6) is -0.507. The van der Waals surface area contributed by atoms with Crippen molar-refractivity contribution in [2.45, 2.75) is 19.9 Å². The molecular formula is C25H24ClFN6O2. The number of halogens is 2. The van der Waals surface area contributed by atoms with Crippen LogP contribution in [0.15, 0.2) is 60.9 Å². The molecule has 0 saturated heterocycles. The molecule has 0 aliphatic carbocycles. The second-order valence-electron chi connectivity index (χ2n) is 8.30. The summed E-state index contributed by atoms with van der Waals surface area (Å²) in [5, 5.41) is 3.37. The van der Waals surface area contributed by atoms with Gasteiger partial charge in [-0.3, -0.25) is 14.1 Å². The van der Waals surface area contributed by atoms with E-state index in [4.69, 9.17) is 11.6 Å². The van der Waals surface area contributed by atoms with Gasteiger partial charge in [0.25, 0.3) is 5.91 Å². The predicted octanol–water partition coefficient (Wildman–Crippen LogP) is 5.02. The van der Waals surface area contributed by atoms with Crippen LogP contribution in [0.3, 0.4) is 0 Å². The van der Waals surface area contributed by atoms with Crippen molar-refractivity contribution in [1.82, 2.24) is 19.7 Å². The van der Waals surface area contributed by atoms with Crippen molar-refractivity contribution in [3.05, 3.63) is 77.5 Å². The molecule has 0 aliphatic rings. The second-order valence-corrected chi connectivity index (χ2v) is 8.74. The number of hydrogen-bond donors (Lipinski definition) is 1. The Balaban J connectivity index is 1.86. The molecule has 0 spiro atoms. The molecule has 3 amide bonds. The summed E-state index contributed by atoms with van der Waals surface area (Å²) >= 11 is 6.00. The van der Waals surface area contributed by atoms with Crippen molar-refractivity contribution < 1.29 is 14.0 Å². The number of benzene rings is 2. The van der Waals surface area contributed by atoms with Gasteiger partial charge in [0.15, 0.2) is 0 Å². The van der Waals surface area contributed by atoms with Crippen LogP contribution in [0.2, 0.25) is 5.02 Å². The Bertz CT molecular complexity index is 1390. The second kappa shape index (κ2) is 9.71. The van der Waals surface area contributed by atoms with E-state index < -0.39 is 5.82 Å². The lowest BCUT2D eigenvalue weighted by Gasteiger charge is -2.20. The van der Waals surface area contributed by atoms with Crippen LogP contribution < -0.4 is 15.1 Å². The maximum Gasteiger partial charge on any atom is 0.321 e. The Morgan fingerprint density at radius 2 is 1.66 bits per heavy atom. The molecule has 4 aromatic rings. The molecular weight excluding hydrogens is 471 g/mol. The summed E-state index contributed by atoms with van der Waals surface area (Å²) in [6.07, 6.45) is 3.14. The number of fused-ring (bicyclic) bond motifs is 1. The monoisotopic (exact) mass is 494 g/mol. The number of rotatable bonds is 5. The molecule has 0 radical (unpaired) electrons. The molecule has 1 N–H and O–H groups in total. The molecule has 10 heteroatoms. The molecule has 8 nitrogen and oxygen atoms in total. The van der Waals surface area contributed by atoms with Gasteiger partial charge in [-0.15, -0.1) is 0 Å². The van der Waals surface area contributed by atoms with Crippen LogP contribution in [0.1, 0.15) is 24.3 Å². The first kappa shape index (κ1) is 24.2. The first-order valence-corrected chi connectivity index (χ1v) is 11.3. The normalized spacial score (nSPS) is 11.1. The lowest BCUT2D eigenvalue weighted by atomic mass is 10.1. The molecule has 35 heavy (non-hydrogen) atoms. The summed E-state index contributed by atoms with van der Waals surface area (Å²) in [6.45, 7) is 3.72. The van der Waals surface area contributed by atoms with Crippen molar-refractivity contribution in [1.29, 1.82) is 0 Å². The fourth-order valence-electron chi connectivity index (χ4n) is 3.51. The topological polar surface area (TPSA) is 82.8 Å². The van der Waals surface area contributed by atoms with E-state index in [1.54, 1.807) is 61.1 Å². The van der Waals surface area contributed by atoms with Gasteiger partial charge in [-0.05, 0) is 62.4 Å². The van der Waals surface area contributed by atoms with Crippen LogP contribution in [0.5, 0.6) is 0 Å². The van der Waals surface area contributed by atoms with Crippen LogP contribution in [-0.4, -0.2) is 46.4 Å². The van der Waals surface area contributed by atoms with Crippen LogP contribution >= 0.6 is 11.6 Å². The maximum atomic E-state index is 13.8. The Morgan fingerprint density at radius 1 is 1.00 bits per heavy atom. The largest absolute Gasteiger partial charge is 0.336 e. The van der Waals surface area contributed by atoms with Gasteiger partial charge in [-0.2, -0.15) is 0 Å². The van der Waals surface area contributed by atoms with E-state index in [1.807, 2.05) is 13.8 Å². The Labute approximate surface area is 207 Å². The van der Waals surface area contributed by atoms with Crippen molar-refractivity contribution in [3.63, 3.8) is 0 Å². The fraction of sp³-hybridized carbons (Fsp3) is 0.200. The number of imidazole rings is 1. The highest BCUT2D eigenvalue weighted by molar-refractivity contribution is 6.30. The lowest BCUT2D eigenvalue weighted by molar-refractivity contribution is 0.0988. The van der Waals surface area contributed by atoms with Crippen molar-refractivity contribution in [3.8, 4) is 11.3 Å². The number of hydrogen-bond acceptors (Lipinski definition) is 4. The molecule has 2 aromatic carbocycles. The van der Waals surface area contributed by atoms with E-state index in [9.17, 15) is 14.0 Å². The summed E-state index contributed by atoms with van der Waals surface area (Å²) in [7, 11) is 3.25. The fourth-order valence-corrected chi connectivity index (χ4v) is 3.64. The van der Waals surface area contributed by atoms with Crippen LogP contribution in [0, 0.1) is 5.82 Å². The Kier molecular flexibility index (Phi) is 6.70. The minimum atomic E-state index is -0.401. The highest BCUT2D eigenvalue weighted by Gasteiger charge is 2.26. The molecule has 2 heterocycles. The predicted molar refractivity (Wildman–Crippen MR) is 135 cm³/mol. The molecule has 0 bridgehead atoms. The molecule has 4 rings (SSSR count). The number of carbonyl (C=O) groups excluding carboxylic acids is 2. The van der Waals surface area contributed by atoms with E-state index in [1.165, 1.54) is 28.1 Å². The zero-order valence-electron chi connectivity index (χ0n) is 19.7. The van der Waals surface area contributed by atoms with E-state index in [0.717, 1.165) is 0 Å². The third kappa shape index (κ3) is 4.95. The van der Waals surface area contributed by atoms with Gasteiger partial charge < -0.3 is 10.2 Å². The quantitative estimate of drug-likeness (QED) is 0.422. The minimum Gasteiger partial charge on any atom is -0.336 e. The SMILES string of the molecule is CC(C)NC(=O)N(C)c1cnc2nc(-c3ccc(F)cc3)c(C(=O)N(C)c3ccc(Cl)cc3)n2c1. The van der Waals surface area contributed by atoms with Crippen LogP contribution in [0.4, 0.5) is 20.6 Å². The van der Waals surface area contributed by atoms with Gasteiger partial charge >= 0.3 is 6.03 Å². The van der Waals surface area contributed by atoms with Crippen molar-refractivity contribution >= 4 is 40.7 Å². The number of amides is 3. The average Bonchev–Trinajstić information content (AvgIpc) is 3.21. The molecule has 0 atom stereocenters. The number of carbonyl (C=O) groups is 2. The number of anilines is 2. The van der Waals surface area contributed by atoms with E-state index in [-0.39, 0.29) is 29.5 Å². The number of urea groups is 1. The van der Waals surface area contributed by atoms with Gasteiger partial charge in [0.1, 0.15) is 17.2 Å². The van der Waals surface area contributed by atoms with Crippen molar-refractivity contribution in [2.75, 3.05) is 23.9 Å². The number of nitrogens with zero attached hydrogens (tertiary/aromatic N) is 5. The molecule has 0 aliphatic heterocycles. The first-order chi connectivity index (χ1) is 16.7. The van der Waals surface area contributed by atoms with Crippen molar-refractivity contribution in [2.24, 2.45) is 0 Å². The molecule has 2 aromatic heterocycles. The number of aromatic nitrogens is 3. The molecule has 0 fully saturated rings. The van der Waals surface area contributed by atoms with E-state index >= 15 is 0 Å². The smallest absolute Gasteiger partial charge is 0.321 e. The van der Waals surface area contributed by atoms with Crippen LogP contribution in [-0.2, 0) is 0 Å². The van der Waals surface area contributed by atoms with Crippen LogP contribution in [0.25, 0.3) is 17.0 Å². The van der Waals surface area contributed by atoms with Gasteiger partial charge in [0.05, 0.1) is 11.9 Å². The Morgan fingerprint density at radius 3 is 2.29 bits per heavy atom. The van der Waals surface area contributed by atoms with Gasteiger partial charge in [0, 0.05) is 42.6 Å². The average molecular weight is 495 g/mol. The first-order valence-electron chi connectivity index (χ1n) is 10.9. The Hall–Kier alpha value is -3.98. The minimum absolute atomic E-state index is 0.0508. The van der Waals surface area contributed by atoms with Gasteiger partial charge in [-0.1, -0.05) is 11.6 Å². The van der Waals surface area contributed by atoms with Gasteiger partial charge in [0.2, 0.25) is 5.78 Å². The zero-order chi connectivity index (χ0) is 25.3. The summed E-state index contributed by atoms with van der Waals surface area (Å²) in [6, 6.07) is 12.2. The van der Waals surface area contributed by atoms with Gasteiger partial charge in [-0.25, -0.2) is 19.2 Å². The highest BCUT2D eigenvalue weighted by Crippen LogP contribution is 2.28. The summed E-state index contributed by atoms with van der Waals surface area (Å²) in [4.78, 5) is 38.1. The summed E-state index contributed by atoms with van der Waals surface area (Å²) < 4.78 is 15.1. The molecule has 0 saturated carbocycles. The molecule has 180 valence electrons. The van der Waals surface area contributed by atoms with E-state index in [0.29, 0.717) is 27.7 Å².